The van der Waals surface area contributed by atoms with E-state index in [2.05, 4.69) is 27.6 Å². The number of nitrogen functional groups attached to an aromatic ring is 1. The van der Waals surface area contributed by atoms with E-state index in [1.54, 1.807) is 10.9 Å². The Hall–Kier alpha value is -1.64. The molecule has 0 unspecified atom stereocenters. The molecule has 1 aliphatic rings. The van der Waals surface area contributed by atoms with Crippen molar-refractivity contribution in [1.82, 2.24) is 19.5 Å². The first-order chi connectivity index (χ1) is 10.4. The predicted octanol–water partition coefficient (Wildman–Crippen LogP) is 1.32. The molecule has 3 heterocycles. The second kappa shape index (κ2) is 5.53. The lowest BCUT2D eigenvalue weighted by Gasteiger charge is -2.17. The molecule has 118 valence electrons. The number of aliphatic hydroxyl groups is 1. The van der Waals surface area contributed by atoms with Gasteiger partial charge in [-0.3, -0.25) is 4.57 Å². The summed E-state index contributed by atoms with van der Waals surface area (Å²) in [5.41, 5.74) is 9.01. The van der Waals surface area contributed by atoms with Crippen LogP contribution in [-0.4, -0.2) is 42.1 Å². The summed E-state index contributed by atoms with van der Waals surface area (Å²) in [6.45, 7) is 5.94. The van der Waals surface area contributed by atoms with Crippen molar-refractivity contribution >= 4 is 29.6 Å². The summed E-state index contributed by atoms with van der Waals surface area (Å²) in [5.74, 6) is 0.315. The maximum Gasteiger partial charge on any atom is 0.167 e. The molecular weight excluding hydrogens is 302 g/mol. The lowest BCUT2D eigenvalue weighted by Crippen LogP contribution is -2.28. The average molecular weight is 321 g/mol. The summed E-state index contributed by atoms with van der Waals surface area (Å²) in [4.78, 5) is 12.4. The smallest absolute Gasteiger partial charge is 0.167 e. The zero-order chi connectivity index (χ0) is 16.0. The third-order valence-electron chi connectivity index (χ3n) is 4.11. The average Bonchev–Trinajstić information content (AvgIpc) is 3.02. The van der Waals surface area contributed by atoms with Crippen LogP contribution in [0.4, 0.5) is 5.82 Å². The van der Waals surface area contributed by atoms with Crippen molar-refractivity contribution in [3.63, 3.8) is 0 Å². The Bertz CT molecular complexity index is 740. The third kappa shape index (κ3) is 2.27. The molecule has 0 bridgehead atoms. The van der Waals surface area contributed by atoms with Crippen LogP contribution in [0.5, 0.6) is 0 Å². The zero-order valence-electron chi connectivity index (χ0n) is 12.6. The van der Waals surface area contributed by atoms with Crippen LogP contribution in [0.2, 0.25) is 0 Å². The van der Waals surface area contributed by atoms with Gasteiger partial charge in [-0.2, -0.15) is 12.6 Å². The van der Waals surface area contributed by atoms with E-state index >= 15 is 0 Å². The normalized spacial score (nSPS) is 28.2. The number of fused-ring (bicyclic) bond motifs is 1. The second-order valence-electron chi connectivity index (χ2n) is 5.69. The van der Waals surface area contributed by atoms with E-state index < -0.39 is 23.7 Å². The summed E-state index contributed by atoms with van der Waals surface area (Å²) >= 11 is 4.52. The first-order valence-electron chi connectivity index (χ1n) is 7.00. The van der Waals surface area contributed by atoms with Crippen molar-refractivity contribution in [2.75, 3.05) is 5.73 Å². The van der Waals surface area contributed by atoms with Gasteiger partial charge >= 0.3 is 0 Å². The van der Waals surface area contributed by atoms with Gasteiger partial charge in [-0.25, -0.2) is 15.0 Å². The molecule has 2 aromatic heterocycles. The summed E-state index contributed by atoms with van der Waals surface area (Å²) in [6, 6.07) is 0. The molecule has 1 saturated heterocycles. The number of rotatable bonds is 2. The molecule has 4 atom stereocenters. The van der Waals surface area contributed by atoms with Crippen LogP contribution in [0, 0.1) is 0 Å². The van der Waals surface area contributed by atoms with E-state index in [-0.39, 0.29) is 0 Å². The quantitative estimate of drug-likeness (QED) is 0.570. The van der Waals surface area contributed by atoms with Gasteiger partial charge in [0.05, 0.1) is 11.6 Å². The molecule has 3 N–H and O–H groups in total. The van der Waals surface area contributed by atoms with E-state index in [1.165, 1.54) is 6.33 Å². The van der Waals surface area contributed by atoms with Crippen LogP contribution in [0.25, 0.3) is 11.2 Å². The summed E-state index contributed by atoms with van der Waals surface area (Å²) < 4.78 is 7.78. The van der Waals surface area contributed by atoms with Crippen molar-refractivity contribution in [2.45, 2.75) is 44.5 Å². The highest BCUT2D eigenvalue weighted by Gasteiger charge is 2.44. The number of hydrogen-bond donors (Lipinski definition) is 3. The molecule has 0 aromatic carbocycles. The molecule has 0 saturated carbocycles. The van der Waals surface area contributed by atoms with Crippen molar-refractivity contribution < 1.29 is 9.84 Å². The summed E-state index contributed by atoms with van der Waals surface area (Å²) in [6.07, 6.45) is 1.40. The van der Waals surface area contributed by atoms with E-state index in [9.17, 15) is 5.11 Å². The Morgan fingerprint density at radius 1 is 1.32 bits per heavy atom. The lowest BCUT2D eigenvalue weighted by molar-refractivity contribution is 0.00301. The number of imidazole rings is 1. The van der Waals surface area contributed by atoms with Crippen molar-refractivity contribution in [3.8, 4) is 0 Å². The molecule has 0 amide bonds. The number of hydrogen-bond acceptors (Lipinski definition) is 7. The van der Waals surface area contributed by atoms with Crippen LogP contribution in [0.3, 0.4) is 0 Å². The van der Waals surface area contributed by atoms with E-state index in [0.29, 0.717) is 17.0 Å². The van der Waals surface area contributed by atoms with E-state index in [4.69, 9.17) is 10.5 Å². The number of aromatic nitrogens is 4. The number of nitrogens with zero attached hydrogens (tertiary/aromatic N) is 4. The zero-order valence-corrected chi connectivity index (χ0v) is 13.5. The molecule has 8 heteroatoms. The second-order valence-corrected chi connectivity index (χ2v) is 6.29. The first kappa shape index (κ1) is 15.3. The van der Waals surface area contributed by atoms with Crippen LogP contribution >= 0.6 is 12.6 Å². The van der Waals surface area contributed by atoms with Gasteiger partial charge in [0.15, 0.2) is 17.7 Å². The van der Waals surface area contributed by atoms with Gasteiger partial charge in [-0.1, -0.05) is 5.57 Å². The summed E-state index contributed by atoms with van der Waals surface area (Å²) in [7, 11) is 0. The molecule has 22 heavy (non-hydrogen) atoms. The van der Waals surface area contributed by atoms with Gasteiger partial charge in [0, 0.05) is 0 Å². The van der Waals surface area contributed by atoms with Crippen molar-refractivity contribution in [3.05, 3.63) is 23.8 Å². The number of nitrogens with two attached hydrogens (primary N) is 1. The Morgan fingerprint density at radius 3 is 2.73 bits per heavy atom. The largest absolute Gasteiger partial charge is 0.389 e. The monoisotopic (exact) mass is 321 g/mol. The fraction of sp³-hybridized carbons (Fsp3) is 0.500. The Morgan fingerprint density at radius 2 is 2.05 bits per heavy atom. The number of allylic oxidation sites excluding steroid dienone is 1. The molecule has 0 spiro atoms. The summed E-state index contributed by atoms with van der Waals surface area (Å²) in [5, 5.41) is 10.1. The fourth-order valence-corrected chi connectivity index (χ4v) is 2.96. The minimum Gasteiger partial charge on any atom is -0.389 e. The number of ether oxygens (including phenoxy) is 1. The van der Waals surface area contributed by atoms with Gasteiger partial charge in [0.1, 0.15) is 24.1 Å². The highest BCUT2D eigenvalue weighted by molar-refractivity contribution is 7.81. The van der Waals surface area contributed by atoms with E-state index in [1.807, 2.05) is 20.8 Å². The van der Waals surface area contributed by atoms with Gasteiger partial charge < -0.3 is 15.6 Å². The Labute approximate surface area is 133 Å². The first-order valence-corrected chi connectivity index (χ1v) is 7.52. The molecule has 3 rings (SSSR count). The fourth-order valence-electron chi connectivity index (χ4n) is 2.59. The predicted molar refractivity (Wildman–Crippen MR) is 86.5 cm³/mol. The van der Waals surface area contributed by atoms with Crippen LogP contribution < -0.4 is 5.73 Å². The minimum atomic E-state index is -0.708. The molecule has 0 aliphatic carbocycles. The van der Waals surface area contributed by atoms with Gasteiger partial charge in [0.25, 0.3) is 0 Å². The molecule has 7 nitrogen and oxygen atoms in total. The van der Waals surface area contributed by atoms with Crippen LogP contribution in [-0.2, 0) is 4.74 Å². The van der Waals surface area contributed by atoms with E-state index in [0.717, 1.165) is 11.1 Å². The number of anilines is 1. The highest BCUT2D eigenvalue weighted by atomic mass is 32.1. The van der Waals surface area contributed by atoms with Gasteiger partial charge in [-0.15, -0.1) is 0 Å². The molecular formula is C14H19N5O2S. The van der Waals surface area contributed by atoms with Crippen molar-refractivity contribution in [2.24, 2.45) is 0 Å². The van der Waals surface area contributed by atoms with Crippen LogP contribution in [0.15, 0.2) is 23.8 Å². The highest BCUT2D eigenvalue weighted by Crippen LogP contribution is 2.38. The number of thiol groups is 1. The topological polar surface area (TPSA) is 99.1 Å². The van der Waals surface area contributed by atoms with Crippen LogP contribution in [0.1, 0.15) is 27.0 Å². The SMILES string of the molecule is CC(C)=C(C)[C@H]1O[C@@H](n2cnc3c(N)ncnc32)[C@H](S)[C@@H]1O. The van der Waals surface area contributed by atoms with Crippen molar-refractivity contribution in [1.29, 1.82) is 0 Å². The lowest BCUT2D eigenvalue weighted by atomic mass is 10.0. The van der Waals surface area contributed by atoms with Gasteiger partial charge in [-0.05, 0) is 26.3 Å². The molecule has 2 aromatic rings. The molecule has 1 aliphatic heterocycles. The third-order valence-corrected chi connectivity index (χ3v) is 4.68. The standard InChI is InChI=1S/C14H19N5O2S/c1-6(2)7(3)10-9(20)11(22)14(21-10)19-5-18-8-12(15)16-4-17-13(8)19/h4-5,9-11,14,20,22H,1-3H3,(H2,15,16,17)/t9-,10-,11-,14-/m1/s1. The maximum atomic E-state index is 10.4. The Balaban J connectivity index is 2.01. The number of aliphatic hydroxyl groups excluding tert-OH is 1. The van der Waals surface area contributed by atoms with Gasteiger partial charge in [0.2, 0.25) is 0 Å². The Kier molecular flexibility index (Phi) is 3.84. The maximum absolute atomic E-state index is 10.4. The molecule has 1 fully saturated rings. The molecule has 0 radical (unpaired) electrons. The minimum absolute atomic E-state index is 0.315.